The number of methoxy groups -OCH3 is 1. The van der Waals surface area contributed by atoms with E-state index in [4.69, 9.17) is 21.1 Å². The van der Waals surface area contributed by atoms with Gasteiger partial charge in [-0.25, -0.2) is 0 Å². The van der Waals surface area contributed by atoms with E-state index in [1.165, 1.54) is 0 Å². The number of carbonyl (C=O) groups is 1. The highest BCUT2D eigenvalue weighted by atomic mass is 35.5. The molecule has 28 heavy (non-hydrogen) atoms. The zero-order chi connectivity index (χ0) is 19.8. The fourth-order valence-corrected chi connectivity index (χ4v) is 2.68. The number of rotatable bonds is 8. The molecule has 0 heterocycles. The van der Waals surface area contributed by atoms with E-state index in [1.807, 2.05) is 60.7 Å². The van der Waals surface area contributed by atoms with E-state index in [9.17, 15) is 4.79 Å². The molecule has 0 aliphatic carbocycles. The molecule has 0 fully saturated rings. The van der Waals surface area contributed by atoms with Crippen LogP contribution in [0.4, 0.5) is 11.4 Å². The maximum absolute atomic E-state index is 12.2. The lowest BCUT2D eigenvalue weighted by Crippen LogP contribution is -2.21. The van der Waals surface area contributed by atoms with Crippen LogP contribution >= 0.6 is 11.6 Å². The molecule has 0 saturated heterocycles. The van der Waals surface area contributed by atoms with Gasteiger partial charge >= 0.3 is 0 Å². The molecule has 0 unspecified atom stereocenters. The SMILES string of the molecule is COc1ccccc1NCC(=O)Nc1ccc(OCc2ccc(Cl)cc2)cc1. The number of hydrogen-bond donors (Lipinski definition) is 2. The molecule has 0 aliphatic heterocycles. The van der Waals surface area contributed by atoms with E-state index >= 15 is 0 Å². The summed E-state index contributed by atoms with van der Waals surface area (Å²) < 4.78 is 11.0. The molecule has 5 nitrogen and oxygen atoms in total. The van der Waals surface area contributed by atoms with Gasteiger partial charge in [0.05, 0.1) is 19.3 Å². The fourth-order valence-electron chi connectivity index (χ4n) is 2.55. The second-order valence-corrected chi connectivity index (χ2v) is 6.48. The summed E-state index contributed by atoms with van der Waals surface area (Å²) in [6, 6.07) is 22.2. The summed E-state index contributed by atoms with van der Waals surface area (Å²) in [6.45, 7) is 0.584. The van der Waals surface area contributed by atoms with Crippen LogP contribution in [0, 0.1) is 0 Å². The Labute approximate surface area is 169 Å². The summed E-state index contributed by atoms with van der Waals surface area (Å²) >= 11 is 5.87. The molecule has 0 saturated carbocycles. The largest absolute Gasteiger partial charge is 0.495 e. The number of halogens is 1. The second-order valence-electron chi connectivity index (χ2n) is 6.04. The van der Waals surface area contributed by atoms with Gasteiger partial charge in [-0.1, -0.05) is 35.9 Å². The molecule has 0 atom stereocenters. The highest BCUT2D eigenvalue weighted by Gasteiger charge is 2.06. The summed E-state index contributed by atoms with van der Waals surface area (Å²) in [5.41, 5.74) is 2.50. The minimum absolute atomic E-state index is 0.134. The van der Waals surface area contributed by atoms with E-state index < -0.39 is 0 Å². The molecule has 3 rings (SSSR count). The quantitative estimate of drug-likeness (QED) is 0.563. The molecule has 3 aromatic rings. The fraction of sp³-hybridized carbons (Fsp3) is 0.136. The summed E-state index contributed by atoms with van der Waals surface area (Å²) in [7, 11) is 1.59. The Bertz CT molecular complexity index is 912. The first-order chi connectivity index (χ1) is 13.6. The Balaban J connectivity index is 1.48. The number of benzene rings is 3. The van der Waals surface area contributed by atoms with Crippen LogP contribution in [0.1, 0.15) is 5.56 Å². The number of carbonyl (C=O) groups excluding carboxylic acids is 1. The smallest absolute Gasteiger partial charge is 0.243 e. The van der Waals surface area contributed by atoms with Crippen LogP contribution in [0.5, 0.6) is 11.5 Å². The summed E-state index contributed by atoms with van der Waals surface area (Å²) in [5.74, 6) is 1.26. The van der Waals surface area contributed by atoms with Crippen LogP contribution in [0.3, 0.4) is 0 Å². The molecular formula is C22H21ClN2O3. The van der Waals surface area contributed by atoms with Crippen LogP contribution in [0.15, 0.2) is 72.8 Å². The monoisotopic (exact) mass is 396 g/mol. The predicted molar refractivity (Wildman–Crippen MR) is 112 cm³/mol. The lowest BCUT2D eigenvalue weighted by Gasteiger charge is -2.11. The summed E-state index contributed by atoms with van der Waals surface area (Å²) in [6.07, 6.45) is 0. The Hall–Kier alpha value is -3.18. The van der Waals surface area contributed by atoms with Gasteiger partial charge in [0.1, 0.15) is 18.1 Å². The molecule has 0 aliphatic rings. The van der Waals surface area contributed by atoms with E-state index in [1.54, 1.807) is 19.2 Å². The molecule has 3 aromatic carbocycles. The number of amides is 1. The third kappa shape index (κ3) is 5.66. The average Bonchev–Trinajstić information content (AvgIpc) is 2.73. The zero-order valence-electron chi connectivity index (χ0n) is 15.4. The number of hydrogen-bond acceptors (Lipinski definition) is 4. The highest BCUT2D eigenvalue weighted by Crippen LogP contribution is 2.23. The van der Waals surface area contributed by atoms with Crippen molar-refractivity contribution >= 4 is 28.9 Å². The lowest BCUT2D eigenvalue weighted by atomic mass is 10.2. The Kier molecular flexibility index (Phi) is 6.76. The van der Waals surface area contributed by atoms with E-state index in [-0.39, 0.29) is 12.5 Å². The summed E-state index contributed by atoms with van der Waals surface area (Å²) in [5, 5.41) is 6.61. The Morgan fingerprint density at radius 2 is 1.68 bits per heavy atom. The van der Waals surface area contributed by atoms with Crippen molar-refractivity contribution in [3.05, 3.63) is 83.4 Å². The molecule has 0 bridgehead atoms. The highest BCUT2D eigenvalue weighted by molar-refractivity contribution is 6.30. The predicted octanol–water partition coefficient (Wildman–Crippen LogP) is 4.98. The van der Waals surface area contributed by atoms with Crippen molar-refractivity contribution in [1.29, 1.82) is 0 Å². The van der Waals surface area contributed by atoms with Crippen molar-refractivity contribution in [2.24, 2.45) is 0 Å². The topological polar surface area (TPSA) is 59.6 Å². The average molecular weight is 397 g/mol. The van der Waals surface area contributed by atoms with E-state index in [0.717, 1.165) is 17.0 Å². The van der Waals surface area contributed by atoms with Gasteiger partial charge in [0.15, 0.2) is 0 Å². The van der Waals surface area contributed by atoms with Gasteiger partial charge in [0, 0.05) is 10.7 Å². The van der Waals surface area contributed by atoms with Gasteiger partial charge in [-0.2, -0.15) is 0 Å². The molecule has 1 amide bonds. The van der Waals surface area contributed by atoms with Crippen LogP contribution < -0.4 is 20.1 Å². The molecule has 0 aromatic heterocycles. The van der Waals surface area contributed by atoms with Crippen LogP contribution in [0.2, 0.25) is 5.02 Å². The van der Waals surface area contributed by atoms with Gasteiger partial charge < -0.3 is 20.1 Å². The third-order valence-electron chi connectivity index (χ3n) is 4.00. The first-order valence-electron chi connectivity index (χ1n) is 8.78. The maximum Gasteiger partial charge on any atom is 0.243 e. The normalized spacial score (nSPS) is 10.2. The van der Waals surface area contributed by atoms with Crippen molar-refractivity contribution < 1.29 is 14.3 Å². The number of ether oxygens (including phenoxy) is 2. The van der Waals surface area contributed by atoms with Gasteiger partial charge in [-0.05, 0) is 54.1 Å². The molecule has 144 valence electrons. The van der Waals surface area contributed by atoms with Crippen molar-refractivity contribution in [1.82, 2.24) is 0 Å². The van der Waals surface area contributed by atoms with Gasteiger partial charge in [0.25, 0.3) is 0 Å². The van der Waals surface area contributed by atoms with Crippen molar-refractivity contribution in [2.45, 2.75) is 6.61 Å². The number of para-hydroxylation sites is 2. The number of anilines is 2. The minimum atomic E-state index is -0.152. The summed E-state index contributed by atoms with van der Waals surface area (Å²) in [4.78, 5) is 12.2. The van der Waals surface area contributed by atoms with Crippen LogP contribution in [-0.4, -0.2) is 19.6 Å². The van der Waals surface area contributed by atoms with Crippen molar-refractivity contribution in [3.63, 3.8) is 0 Å². The zero-order valence-corrected chi connectivity index (χ0v) is 16.2. The van der Waals surface area contributed by atoms with Crippen molar-refractivity contribution in [3.8, 4) is 11.5 Å². The molecule has 6 heteroatoms. The third-order valence-corrected chi connectivity index (χ3v) is 4.26. The van der Waals surface area contributed by atoms with Crippen LogP contribution in [-0.2, 0) is 11.4 Å². The van der Waals surface area contributed by atoms with E-state index in [2.05, 4.69) is 10.6 Å². The van der Waals surface area contributed by atoms with Gasteiger partial charge in [0.2, 0.25) is 5.91 Å². The number of nitrogens with one attached hydrogen (secondary N) is 2. The van der Waals surface area contributed by atoms with Crippen LogP contribution in [0.25, 0.3) is 0 Å². The maximum atomic E-state index is 12.2. The first-order valence-corrected chi connectivity index (χ1v) is 9.16. The first kappa shape index (κ1) is 19.6. The molecule has 0 radical (unpaired) electrons. The molecule has 2 N–H and O–H groups in total. The lowest BCUT2D eigenvalue weighted by molar-refractivity contribution is -0.114. The minimum Gasteiger partial charge on any atom is -0.495 e. The van der Waals surface area contributed by atoms with E-state index in [0.29, 0.717) is 23.1 Å². The molecule has 0 spiro atoms. The van der Waals surface area contributed by atoms with Crippen molar-refractivity contribution in [2.75, 3.05) is 24.3 Å². The Morgan fingerprint density at radius 1 is 0.964 bits per heavy atom. The standard InChI is InChI=1S/C22H21ClN2O3/c1-27-21-5-3-2-4-20(21)24-14-22(26)25-18-10-12-19(13-11-18)28-15-16-6-8-17(23)9-7-16/h2-13,24H,14-15H2,1H3,(H,25,26). The van der Waals surface area contributed by atoms with Gasteiger partial charge in [-0.3, -0.25) is 4.79 Å². The molecular weight excluding hydrogens is 376 g/mol. The Morgan fingerprint density at radius 3 is 2.39 bits per heavy atom. The van der Waals surface area contributed by atoms with Gasteiger partial charge in [-0.15, -0.1) is 0 Å². The second kappa shape index (κ2) is 9.67.